The van der Waals surface area contributed by atoms with Crippen LogP contribution >= 0.6 is 0 Å². The molecule has 2 aromatic carbocycles. The van der Waals surface area contributed by atoms with Crippen LogP contribution in [0.5, 0.6) is 0 Å². The molecular formula is C24H27N3O. The van der Waals surface area contributed by atoms with Crippen LogP contribution in [-0.2, 0) is 0 Å². The number of anilines is 1. The summed E-state index contributed by atoms with van der Waals surface area (Å²) in [4.78, 5) is 12.8. The lowest BCUT2D eigenvalue weighted by Crippen LogP contribution is -2.22. The third-order valence-corrected chi connectivity index (χ3v) is 5.54. The van der Waals surface area contributed by atoms with Gasteiger partial charge in [-0.2, -0.15) is 0 Å². The van der Waals surface area contributed by atoms with E-state index in [0.717, 1.165) is 44.7 Å². The molecule has 3 N–H and O–H groups in total. The molecule has 0 atom stereocenters. The van der Waals surface area contributed by atoms with Crippen molar-refractivity contribution in [1.82, 2.24) is 10.6 Å². The second-order valence-electron chi connectivity index (χ2n) is 7.35. The molecule has 4 heteroatoms. The van der Waals surface area contributed by atoms with Crippen LogP contribution in [0.15, 0.2) is 54.6 Å². The van der Waals surface area contributed by atoms with Crippen LogP contribution in [0.4, 0.5) is 5.69 Å². The number of hydrogen-bond donors (Lipinski definition) is 3. The summed E-state index contributed by atoms with van der Waals surface area (Å²) >= 11 is 0. The average molecular weight is 374 g/mol. The molecule has 0 saturated heterocycles. The molecule has 0 fully saturated rings. The molecule has 0 aromatic heterocycles. The SMILES string of the molecule is Cc1c(C2=CCNCC2)ccc(NC(=O)c2ccccc2)c1C1=CCNCC1. The quantitative estimate of drug-likeness (QED) is 0.759. The first-order valence-electron chi connectivity index (χ1n) is 10.0. The minimum atomic E-state index is -0.0652. The molecule has 0 aliphatic carbocycles. The Hall–Kier alpha value is -2.69. The van der Waals surface area contributed by atoms with Crippen LogP contribution in [0.3, 0.4) is 0 Å². The van der Waals surface area contributed by atoms with Gasteiger partial charge in [-0.05, 0) is 73.3 Å². The number of benzene rings is 2. The zero-order valence-corrected chi connectivity index (χ0v) is 16.3. The van der Waals surface area contributed by atoms with Crippen molar-refractivity contribution in [1.29, 1.82) is 0 Å². The fraction of sp³-hybridized carbons (Fsp3) is 0.292. The lowest BCUT2D eigenvalue weighted by atomic mass is 9.87. The van der Waals surface area contributed by atoms with Crippen LogP contribution in [0, 0.1) is 6.92 Å². The summed E-state index contributed by atoms with van der Waals surface area (Å²) in [5, 5.41) is 9.93. The van der Waals surface area contributed by atoms with Gasteiger partial charge in [0.2, 0.25) is 0 Å². The van der Waals surface area contributed by atoms with Gasteiger partial charge in [0.05, 0.1) is 0 Å². The van der Waals surface area contributed by atoms with Crippen LogP contribution in [0.2, 0.25) is 0 Å². The van der Waals surface area contributed by atoms with Gasteiger partial charge in [-0.25, -0.2) is 0 Å². The number of nitrogens with one attached hydrogen (secondary N) is 3. The summed E-state index contributed by atoms with van der Waals surface area (Å²) in [5.41, 5.74) is 8.03. The summed E-state index contributed by atoms with van der Waals surface area (Å²) in [6.45, 7) is 5.96. The smallest absolute Gasteiger partial charge is 0.255 e. The number of carbonyl (C=O) groups excluding carboxylic acids is 1. The van der Waals surface area contributed by atoms with E-state index in [9.17, 15) is 4.79 Å². The molecule has 2 aliphatic heterocycles. The van der Waals surface area contributed by atoms with Crippen molar-refractivity contribution in [3.63, 3.8) is 0 Å². The third kappa shape index (κ3) is 3.93. The van der Waals surface area contributed by atoms with E-state index in [1.54, 1.807) is 0 Å². The van der Waals surface area contributed by atoms with E-state index in [2.05, 4.69) is 47.2 Å². The van der Waals surface area contributed by atoms with Crippen molar-refractivity contribution in [2.24, 2.45) is 0 Å². The molecule has 0 saturated carbocycles. The van der Waals surface area contributed by atoms with Crippen molar-refractivity contribution in [3.8, 4) is 0 Å². The van der Waals surface area contributed by atoms with Gasteiger partial charge in [-0.15, -0.1) is 0 Å². The van der Waals surface area contributed by atoms with Gasteiger partial charge in [0.15, 0.2) is 0 Å². The Bertz CT molecular complexity index is 928. The molecule has 0 spiro atoms. The predicted molar refractivity (Wildman–Crippen MR) is 117 cm³/mol. The topological polar surface area (TPSA) is 53.2 Å². The van der Waals surface area contributed by atoms with Crippen LogP contribution < -0.4 is 16.0 Å². The molecule has 4 nitrogen and oxygen atoms in total. The first-order chi connectivity index (χ1) is 13.7. The standard InChI is InChI=1S/C24H27N3O/c1-17-21(18-9-13-25-14-10-18)7-8-22(23(17)19-11-15-26-16-12-19)27-24(28)20-5-3-2-4-6-20/h2-9,11,25-26H,10,12-16H2,1H3,(H,27,28). The van der Waals surface area contributed by atoms with Gasteiger partial charge in [-0.1, -0.05) is 36.4 Å². The van der Waals surface area contributed by atoms with Crippen molar-refractivity contribution >= 4 is 22.7 Å². The zero-order valence-electron chi connectivity index (χ0n) is 16.3. The summed E-state index contributed by atoms with van der Waals surface area (Å²) < 4.78 is 0. The second kappa shape index (κ2) is 8.55. The van der Waals surface area contributed by atoms with Gasteiger partial charge in [-0.3, -0.25) is 4.79 Å². The highest BCUT2D eigenvalue weighted by Crippen LogP contribution is 2.36. The molecule has 2 heterocycles. The Morgan fingerprint density at radius 2 is 1.57 bits per heavy atom. The number of rotatable bonds is 4. The maximum absolute atomic E-state index is 12.8. The predicted octanol–water partition coefficient (Wildman–Crippen LogP) is 4.00. The highest BCUT2D eigenvalue weighted by Gasteiger charge is 2.19. The lowest BCUT2D eigenvalue weighted by molar-refractivity contribution is 0.102. The van der Waals surface area contributed by atoms with E-state index in [-0.39, 0.29) is 5.91 Å². The van der Waals surface area contributed by atoms with Gasteiger partial charge in [0, 0.05) is 29.9 Å². The van der Waals surface area contributed by atoms with E-state index >= 15 is 0 Å². The van der Waals surface area contributed by atoms with E-state index in [1.807, 2.05) is 30.3 Å². The molecule has 28 heavy (non-hydrogen) atoms. The van der Waals surface area contributed by atoms with Crippen LogP contribution in [-0.4, -0.2) is 32.1 Å². The monoisotopic (exact) mass is 373 g/mol. The summed E-state index contributed by atoms with van der Waals surface area (Å²) in [7, 11) is 0. The maximum atomic E-state index is 12.8. The minimum absolute atomic E-state index is 0.0652. The Balaban J connectivity index is 1.75. The van der Waals surface area contributed by atoms with Crippen LogP contribution in [0.1, 0.15) is 39.9 Å². The normalized spacial score (nSPS) is 16.9. The number of amides is 1. The largest absolute Gasteiger partial charge is 0.321 e. The van der Waals surface area contributed by atoms with Gasteiger partial charge in [0.25, 0.3) is 5.91 Å². The molecule has 0 bridgehead atoms. The minimum Gasteiger partial charge on any atom is -0.321 e. The average Bonchev–Trinajstić information content (AvgIpc) is 2.76. The lowest BCUT2D eigenvalue weighted by Gasteiger charge is -2.24. The fourth-order valence-corrected chi connectivity index (χ4v) is 4.08. The fourth-order valence-electron chi connectivity index (χ4n) is 4.08. The first-order valence-corrected chi connectivity index (χ1v) is 10.0. The molecule has 2 aromatic rings. The van der Waals surface area contributed by atoms with Crippen LogP contribution in [0.25, 0.3) is 11.1 Å². The van der Waals surface area contributed by atoms with E-state index in [1.165, 1.54) is 27.8 Å². The van der Waals surface area contributed by atoms with Crippen molar-refractivity contribution in [2.75, 3.05) is 31.5 Å². The van der Waals surface area contributed by atoms with Crippen molar-refractivity contribution in [2.45, 2.75) is 19.8 Å². The molecule has 4 rings (SSSR count). The van der Waals surface area contributed by atoms with Gasteiger partial charge in [0.1, 0.15) is 0 Å². The Labute approximate surface area is 166 Å². The van der Waals surface area contributed by atoms with E-state index in [4.69, 9.17) is 0 Å². The molecule has 1 amide bonds. The molecule has 144 valence electrons. The van der Waals surface area contributed by atoms with Gasteiger partial charge >= 0.3 is 0 Å². The Kier molecular flexibility index (Phi) is 5.70. The Morgan fingerprint density at radius 1 is 0.893 bits per heavy atom. The maximum Gasteiger partial charge on any atom is 0.255 e. The third-order valence-electron chi connectivity index (χ3n) is 5.54. The molecule has 0 unspecified atom stereocenters. The van der Waals surface area contributed by atoms with Crippen molar-refractivity contribution < 1.29 is 4.79 Å². The van der Waals surface area contributed by atoms with E-state index in [0.29, 0.717) is 5.56 Å². The molecule has 0 radical (unpaired) electrons. The summed E-state index contributed by atoms with van der Waals surface area (Å²) in [6, 6.07) is 13.6. The highest BCUT2D eigenvalue weighted by atomic mass is 16.1. The zero-order chi connectivity index (χ0) is 19.3. The Morgan fingerprint density at radius 3 is 2.21 bits per heavy atom. The summed E-state index contributed by atoms with van der Waals surface area (Å²) in [5.74, 6) is -0.0652. The number of carbonyl (C=O) groups is 1. The van der Waals surface area contributed by atoms with E-state index < -0.39 is 0 Å². The second-order valence-corrected chi connectivity index (χ2v) is 7.35. The molecular weight excluding hydrogens is 346 g/mol. The summed E-state index contributed by atoms with van der Waals surface area (Å²) in [6.07, 6.45) is 6.55. The molecule has 2 aliphatic rings. The number of hydrogen-bond acceptors (Lipinski definition) is 3. The first kappa shape index (κ1) is 18.7. The highest BCUT2D eigenvalue weighted by molar-refractivity contribution is 6.06. The van der Waals surface area contributed by atoms with Gasteiger partial charge < -0.3 is 16.0 Å². The van der Waals surface area contributed by atoms with Crippen molar-refractivity contribution in [3.05, 3.63) is 76.9 Å².